The Morgan fingerprint density at radius 3 is 2.15 bits per heavy atom. The predicted molar refractivity (Wildman–Crippen MR) is 134 cm³/mol. The van der Waals surface area contributed by atoms with Gasteiger partial charge in [0.1, 0.15) is 12.3 Å². The van der Waals surface area contributed by atoms with Crippen molar-refractivity contribution in [3.8, 4) is 22.3 Å². The zero-order chi connectivity index (χ0) is 23.5. The number of hydrogen-bond donors (Lipinski definition) is 0. The second-order valence-electron chi connectivity index (χ2n) is 9.24. The minimum atomic E-state index is -0.639. The van der Waals surface area contributed by atoms with Gasteiger partial charge in [-0.3, -0.25) is 9.48 Å². The minimum absolute atomic E-state index is 0.00506. The van der Waals surface area contributed by atoms with Crippen molar-refractivity contribution in [1.29, 1.82) is 0 Å². The first-order valence-electron chi connectivity index (χ1n) is 11.7. The third-order valence-electron chi connectivity index (χ3n) is 6.41. The molecule has 2 heterocycles. The van der Waals surface area contributed by atoms with Crippen LogP contribution in [0.5, 0.6) is 0 Å². The van der Waals surface area contributed by atoms with Crippen molar-refractivity contribution in [1.82, 2.24) is 14.7 Å². The van der Waals surface area contributed by atoms with Crippen molar-refractivity contribution in [2.75, 3.05) is 6.61 Å². The summed E-state index contributed by atoms with van der Waals surface area (Å²) in [5.41, 5.74) is 4.99. The fourth-order valence-electron chi connectivity index (χ4n) is 4.72. The predicted octanol–water partition coefficient (Wildman–Crippen LogP) is 5.42. The average molecular weight is 452 g/mol. The third kappa shape index (κ3) is 4.66. The van der Waals surface area contributed by atoms with Gasteiger partial charge in [-0.1, -0.05) is 84.9 Å². The van der Waals surface area contributed by atoms with Crippen LogP contribution in [0.1, 0.15) is 19.4 Å². The highest BCUT2D eigenvalue weighted by atomic mass is 16.5. The molecule has 5 heteroatoms. The lowest BCUT2D eigenvalue weighted by atomic mass is 10.0. The van der Waals surface area contributed by atoms with Crippen molar-refractivity contribution in [2.24, 2.45) is 0 Å². The van der Waals surface area contributed by atoms with E-state index in [1.807, 2.05) is 67.5 Å². The quantitative estimate of drug-likeness (QED) is 0.393. The van der Waals surface area contributed by atoms with Crippen molar-refractivity contribution in [2.45, 2.75) is 38.6 Å². The molecule has 1 aliphatic heterocycles. The highest BCUT2D eigenvalue weighted by Gasteiger charge is 2.43. The first kappa shape index (κ1) is 22.1. The van der Waals surface area contributed by atoms with E-state index in [2.05, 4.69) is 53.6 Å². The summed E-state index contributed by atoms with van der Waals surface area (Å²) in [4.78, 5) is 15.2. The molecule has 4 aromatic rings. The van der Waals surface area contributed by atoms with Crippen LogP contribution in [-0.4, -0.2) is 39.0 Å². The lowest BCUT2D eigenvalue weighted by Crippen LogP contribution is -2.49. The second-order valence-corrected chi connectivity index (χ2v) is 9.24. The molecule has 0 N–H and O–H groups in total. The highest BCUT2D eigenvalue weighted by Crippen LogP contribution is 2.30. The number of carbonyl (C=O) groups excluding carboxylic acids is 1. The first-order chi connectivity index (χ1) is 16.5. The SMILES string of the molecule is CC1(C)OCC(Cc2ccccc2)N1C(=O)Cn1cc(-c2ccc(-c3ccccc3)cc2)cn1. The fourth-order valence-corrected chi connectivity index (χ4v) is 4.72. The van der Waals surface area contributed by atoms with Gasteiger partial charge in [-0.2, -0.15) is 5.10 Å². The molecule has 1 unspecified atom stereocenters. The largest absolute Gasteiger partial charge is 0.354 e. The van der Waals surface area contributed by atoms with Crippen LogP contribution in [0.4, 0.5) is 0 Å². The molecule has 0 aliphatic carbocycles. The Morgan fingerprint density at radius 1 is 0.882 bits per heavy atom. The third-order valence-corrected chi connectivity index (χ3v) is 6.41. The summed E-state index contributed by atoms with van der Waals surface area (Å²) in [6, 6.07) is 29.0. The molecule has 5 rings (SSSR count). The molecule has 172 valence electrons. The molecule has 1 fully saturated rings. The van der Waals surface area contributed by atoms with E-state index < -0.39 is 5.72 Å². The minimum Gasteiger partial charge on any atom is -0.354 e. The molecule has 1 aromatic heterocycles. The molecule has 0 bridgehead atoms. The number of hydrogen-bond acceptors (Lipinski definition) is 3. The van der Waals surface area contributed by atoms with Crippen LogP contribution in [-0.2, 0) is 22.5 Å². The van der Waals surface area contributed by atoms with Crippen molar-refractivity contribution < 1.29 is 9.53 Å². The first-order valence-corrected chi connectivity index (χ1v) is 11.7. The number of amides is 1. The van der Waals surface area contributed by atoms with Crippen LogP contribution in [0.3, 0.4) is 0 Å². The number of aromatic nitrogens is 2. The summed E-state index contributed by atoms with van der Waals surface area (Å²) in [6.07, 6.45) is 4.53. The number of rotatable bonds is 6. The summed E-state index contributed by atoms with van der Waals surface area (Å²) < 4.78 is 7.71. The number of nitrogens with zero attached hydrogens (tertiary/aromatic N) is 3. The number of carbonyl (C=O) groups is 1. The van der Waals surface area contributed by atoms with Crippen LogP contribution < -0.4 is 0 Å². The standard InChI is InChI=1S/C29H29N3O2/c1-29(2)32(27(21-34-29)17-22-9-5-3-6-10-22)28(33)20-31-19-26(18-30-31)25-15-13-24(14-16-25)23-11-7-4-8-12-23/h3-16,18-19,27H,17,20-21H2,1-2H3. The summed E-state index contributed by atoms with van der Waals surface area (Å²) in [6.45, 7) is 4.63. The Hall–Kier alpha value is -3.70. The van der Waals surface area contributed by atoms with Crippen LogP contribution >= 0.6 is 0 Å². The Labute approximate surface area is 200 Å². The van der Waals surface area contributed by atoms with Gasteiger partial charge < -0.3 is 9.64 Å². The van der Waals surface area contributed by atoms with E-state index in [0.717, 1.165) is 17.5 Å². The molecule has 5 nitrogen and oxygen atoms in total. The van der Waals surface area contributed by atoms with E-state index in [9.17, 15) is 4.79 Å². The van der Waals surface area contributed by atoms with E-state index in [4.69, 9.17) is 4.74 Å². The van der Waals surface area contributed by atoms with Crippen molar-refractivity contribution >= 4 is 5.91 Å². The van der Waals surface area contributed by atoms with Gasteiger partial charge in [0.05, 0.1) is 18.8 Å². The zero-order valence-electron chi connectivity index (χ0n) is 19.6. The summed E-state index contributed by atoms with van der Waals surface area (Å²) in [5, 5.41) is 4.47. The van der Waals surface area contributed by atoms with Crippen molar-refractivity contribution in [3.63, 3.8) is 0 Å². The van der Waals surface area contributed by atoms with E-state index in [-0.39, 0.29) is 18.5 Å². The molecule has 0 saturated carbocycles. The van der Waals surface area contributed by atoms with Crippen LogP contribution in [0.15, 0.2) is 97.3 Å². The molecule has 34 heavy (non-hydrogen) atoms. The van der Waals surface area contributed by atoms with Crippen molar-refractivity contribution in [3.05, 3.63) is 103 Å². The Kier molecular flexibility index (Phi) is 6.03. The van der Waals surface area contributed by atoms with Gasteiger partial charge in [0.2, 0.25) is 5.91 Å². The molecule has 1 amide bonds. The van der Waals surface area contributed by atoms with E-state index in [1.165, 1.54) is 16.7 Å². The van der Waals surface area contributed by atoms with Gasteiger partial charge in [-0.25, -0.2) is 0 Å². The van der Waals surface area contributed by atoms with E-state index in [0.29, 0.717) is 6.61 Å². The van der Waals surface area contributed by atoms with Gasteiger partial charge in [-0.15, -0.1) is 0 Å². The smallest absolute Gasteiger partial charge is 0.246 e. The summed E-state index contributed by atoms with van der Waals surface area (Å²) in [7, 11) is 0. The monoisotopic (exact) mass is 451 g/mol. The number of ether oxygens (including phenoxy) is 1. The average Bonchev–Trinajstić information content (AvgIpc) is 3.44. The topological polar surface area (TPSA) is 47.4 Å². The Balaban J connectivity index is 1.29. The van der Waals surface area contributed by atoms with Gasteiger partial charge in [0.15, 0.2) is 0 Å². The maximum absolute atomic E-state index is 13.4. The van der Waals surface area contributed by atoms with E-state index >= 15 is 0 Å². The fraction of sp³-hybridized carbons (Fsp3) is 0.241. The van der Waals surface area contributed by atoms with E-state index in [1.54, 1.807) is 4.68 Å². The lowest BCUT2D eigenvalue weighted by molar-refractivity contribution is -0.146. The normalized spacial score (nSPS) is 17.1. The van der Waals surface area contributed by atoms with Gasteiger partial charge >= 0.3 is 0 Å². The molecule has 1 saturated heterocycles. The van der Waals surface area contributed by atoms with Gasteiger partial charge in [0, 0.05) is 11.8 Å². The van der Waals surface area contributed by atoms with Crippen LogP contribution in [0.25, 0.3) is 22.3 Å². The lowest BCUT2D eigenvalue weighted by Gasteiger charge is -2.33. The molecule has 3 aromatic carbocycles. The molecule has 0 spiro atoms. The Bertz CT molecular complexity index is 1250. The van der Waals surface area contributed by atoms with Crippen LogP contribution in [0, 0.1) is 0 Å². The molecule has 0 radical (unpaired) electrons. The highest BCUT2D eigenvalue weighted by molar-refractivity contribution is 5.77. The Morgan fingerprint density at radius 2 is 1.47 bits per heavy atom. The maximum Gasteiger partial charge on any atom is 0.246 e. The van der Waals surface area contributed by atoms with Crippen LogP contribution in [0.2, 0.25) is 0 Å². The molecular weight excluding hydrogens is 422 g/mol. The molecular formula is C29H29N3O2. The summed E-state index contributed by atoms with van der Waals surface area (Å²) >= 11 is 0. The van der Waals surface area contributed by atoms with Gasteiger partial charge in [-0.05, 0) is 42.5 Å². The second kappa shape index (κ2) is 9.27. The van der Waals surface area contributed by atoms with Gasteiger partial charge in [0.25, 0.3) is 0 Å². The summed E-state index contributed by atoms with van der Waals surface area (Å²) in [5.74, 6) is 0.0116. The maximum atomic E-state index is 13.4. The zero-order valence-corrected chi connectivity index (χ0v) is 19.6. The molecule has 1 atom stereocenters. The number of benzene rings is 3. The molecule has 1 aliphatic rings.